The lowest BCUT2D eigenvalue weighted by atomic mass is 10.0. The lowest BCUT2D eigenvalue weighted by Crippen LogP contribution is -2.20. The Kier molecular flexibility index (Phi) is 4.52. The van der Waals surface area contributed by atoms with Gasteiger partial charge in [-0.25, -0.2) is 0 Å². The summed E-state index contributed by atoms with van der Waals surface area (Å²) in [5.74, 6) is -0.00406. The van der Waals surface area contributed by atoms with Gasteiger partial charge in [-0.2, -0.15) is 0 Å². The molecule has 1 aliphatic heterocycles. The molecule has 1 aliphatic rings. The fourth-order valence-corrected chi connectivity index (χ4v) is 2.34. The maximum Gasteiger partial charge on any atom is 0.224 e. The summed E-state index contributed by atoms with van der Waals surface area (Å²) >= 11 is 0. The Morgan fingerprint density at radius 3 is 2.84 bits per heavy atom. The lowest BCUT2D eigenvalue weighted by Gasteiger charge is -2.12. The van der Waals surface area contributed by atoms with E-state index in [0.717, 1.165) is 25.1 Å². The number of amides is 2. The van der Waals surface area contributed by atoms with Crippen molar-refractivity contribution in [3.8, 4) is 0 Å². The van der Waals surface area contributed by atoms with Crippen molar-refractivity contribution in [2.75, 3.05) is 18.4 Å². The van der Waals surface area contributed by atoms with Crippen LogP contribution in [0.5, 0.6) is 0 Å². The molecular formula is C14H19N3O2. The van der Waals surface area contributed by atoms with E-state index in [0.29, 0.717) is 18.0 Å². The molecule has 1 aromatic carbocycles. The number of para-hydroxylation sites is 1. The molecule has 19 heavy (non-hydrogen) atoms. The summed E-state index contributed by atoms with van der Waals surface area (Å²) in [7, 11) is 0. The van der Waals surface area contributed by atoms with E-state index in [1.54, 1.807) is 12.1 Å². The zero-order valence-corrected chi connectivity index (χ0v) is 10.8. The fraction of sp³-hybridized carbons (Fsp3) is 0.429. The number of hydrogen-bond acceptors (Lipinski definition) is 3. The van der Waals surface area contributed by atoms with Gasteiger partial charge in [-0.05, 0) is 37.1 Å². The van der Waals surface area contributed by atoms with E-state index >= 15 is 0 Å². The van der Waals surface area contributed by atoms with E-state index < -0.39 is 5.91 Å². The number of primary amides is 1. The Bertz CT molecular complexity index is 468. The van der Waals surface area contributed by atoms with Crippen LogP contribution in [0.1, 0.15) is 18.4 Å². The van der Waals surface area contributed by atoms with Gasteiger partial charge in [0.15, 0.2) is 0 Å². The Morgan fingerprint density at radius 2 is 2.16 bits per heavy atom. The monoisotopic (exact) mass is 261 g/mol. The largest absolute Gasteiger partial charge is 0.369 e. The normalized spacial score (nSPS) is 18.2. The van der Waals surface area contributed by atoms with Crippen molar-refractivity contribution in [2.45, 2.75) is 19.3 Å². The highest BCUT2D eigenvalue weighted by atomic mass is 16.2. The summed E-state index contributed by atoms with van der Waals surface area (Å²) in [6, 6.07) is 7.26. The molecule has 0 radical (unpaired) electrons. The van der Waals surface area contributed by atoms with Crippen molar-refractivity contribution < 1.29 is 9.59 Å². The standard InChI is InChI=1S/C14H19N3O2/c15-13(18)8-11-3-1-2-4-12(11)17-14(19)7-10-5-6-16-9-10/h1-4,10,16H,5-9H2,(H2,15,18)(H,17,19). The van der Waals surface area contributed by atoms with Crippen LogP contribution < -0.4 is 16.4 Å². The molecule has 102 valence electrons. The van der Waals surface area contributed by atoms with Crippen molar-refractivity contribution in [2.24, 2.45) is 11.7 Å². The van der Waals surface area contributed by atoms with Gasteiger partial charge in [0, 0.05) is 12.1 Å². The van der Waals surface area contributed by atoms with Gasteiger partial charge in [0.05, 0.1) is 6.42 Å². The van der Waals surface area contributed by atoms with Gasteiger partial charge in [-0.15, -0.1) is 0 Å². The smallest absolute Gasteiger partial charge is 0.224 e. The van der Waals surface area contributed by atoms with Crippen molar-refractivity contribution in [3.63, 3.8) is 0 Å². The highest BCUT2D eigenvalue weighted by molar-refractivity contribution is 5.92. The third kappa shape index (κ3) is 4.06. The van der Waals surface area contributed by atoms with Crippen molar-refractivity contribution in [1.29, 1.82) is 0 Å². The van der Waals surface area contributed by atoms with E-state index in [1.165, 1.54) is 0 Å². The minimum Gasteiger partial charge on any atom is -0.369 e. The molecule has 0 spiro atoms. The average Bonchev–Trinajstić information content (AvgIpc) is 2.83. The van der Waals surface area contributed by atoms with Crippen LogP contribution in [0.4, 0.5) is 5.69 Å². The molecule has 1 fully saturated rings. The minimum atomic E-state index is -0.401. The van der Waals surface area contributed by atoms with Crippen LogP contribution in [0.25, 0.3) is 0 Å². The number of hydrogen-bond donors (Lipinski definition) is 3. The van der Waals surface area contributed by atoms with E-state index in [-0.39, 0.29) is 12.3 Å². The van der Waals surface area contributed by atoms with Gasteiger partial charge in [-0.3, -0.25) is 9.59 Å². The van der Waals surface area contributed by atoms with Crippen molar-refractivity contribution in [3.05, 3.63) is 29.8 Å². The SMILES string of the molecule is NC(=O)Cc1ccccc1NC(=O)CC1CCNC1. The van der Waals surface area contributed by atoms with Crippen LogP contribution >= 0.6 is 0 Å². The molecule has 0 saturated carbocycles. The molecule has 1 atom stereocenters. The van der Waals surface area contributed by atoms with E-state index in [9.17, 15) is 9.59 Å². The molecular weight excluding hydrogens is 242 g/mol. The molecule has 1 unspecified atom stereocenters. The predicted molar refractivity (Wildman–Crippen MR) is 73.6 cm³/mol. The molecule has 4 N–H and O–H groups in total. The first kappa shape index (κ1) is 13.5. The molecule has 5 nitrogen and oxygen atoms in total. The molecule has 1 aromatic rings. The summed E-state index contributed by atoms with van der Waals surface area (Å²) < 4.78 is 0. The number of benzene rings is 1. The first-order chi connectivity index (χ1) is 9.15. The quantitative estimate of drug-likeness (QED) is 0.727. The highest BCUT2D eigenvalue weighted by Crippen LogP contribution is 2.18. The zero-order valence-electron chi connectivity index (χ0n) is 10.8. The summed E-state index contributed by atoms with van der Waals surface area (Å²) in [5.41, 5.74) is 6.63. The minimum absolute atomic E-state index is 0.00868. The molecule has 2 rings (SSSR count). The molecule has 0 aliphatic carbocycles. The van der Waals surface area contributed by atoms with E-state index in [2.05, 4.69) is 10.6 Å². The van der Waals surface area contributed by atoms with E-state index in [1.807, 2.05) is 12.1 Å². The highest BCUT2D eigenvalue weighted by Gasteiger charge is 2.18. The van der Waals surface area contributed by atoms with Gasteiger partial charge >= 0.3 is 0 Å². The number of carbonyl (C=O) groups is 2. The third-order valence-electron chi connectivity index (χ3n) is 3.29. The fourth-order valence-electron chi connectivity index (χ4n) is 2.34. The number of nitrogens with one attached hydrogen (secondary N) is 2. The summed E-state index contributed by atoms with van der Waals surface area (Å²) in [6.45, 7) is 1.88. The van der Waals surface area contributed by atoms with Crippen LogP contribution in [0.3, 0.4) is 0 Å². The maximum absolute atomic E-state index is 12.0. The summed E-state index contributed by atoms with van der Waals surface area (Å²) in [4.78, 5) is 22.9. The molecule has 0 bridgehead atoms. The molecule has 1 saturated heterocycles. The Balaban J connectivity index is 1.97. The summed E-state index contributed by atoms with van der Waals surface area (Å²) in [6.07, 6.45) is 1.69. The zero-order chi connectivity index (χ0) is 13.7. The Labute approximate surface area is 112 Å². The third-order valence-corrected chi connectivity index (χ3v) is 3.29. The Morgan fingerprint density at radius 1 is 1.37 bits per heavy atom. The van der Waals surface area contributed by atoms with Crippen LogP contribution in [-0.2, 0) is 16.0 Å². The van der Waals surface area contributed by atoms with Gasteiger partial charge in [0.2, 0.25) is 11.8 Å². The van der Waals surface area contributed by atoms with E-state index in [4.69, 9.17) is 5.73 Å². The van der Waals surface area contributed by atoms with Crippen molar-refractivity contribution >= 4 is 17.5 Å². The lowest BCUT2D eigenvalue weighted by molar-refractivity contribution is -0.118. The topological polar surface area (TPSA) is 84.2 Å². The van der Waals surface area contributed by atoms with Gasteiger partial charge in [-0.1, -0.05) is 18.2 Å². The molecule has 0 aromatic heterocycles. The van der Waals surface area contributed by atoms with Gasteiger partial charge in [0.1, 0.15) is 0 Å². The summed E-state index contributed by atoms with van der Waals surface area (Å²) in [5, 5.41) is 6.11. The second-order valence-corrected chi connectivity index (χ2v) is 4.91. The second kappa shape index (κ2) is 6.33. The number of rotatable bonds is 5. The van der Waals surface area contributed by atoms with Crippen LogP contribution in [0.2, 0.25) is 0 Å². The first-order valence-electron chi connectivity index (χ1n) is 6.52. The second-order valence-electron chi connectivity index (χ2n) is 4.91. The number of carbonyl (C=O) groups excluding carboxylic acids is 2. The number of anilines is 1. The van der Waals surface area contributed by atoms with Crippen LogP contribution in [0, 0.1) is 5.92 Å². The molecule has 5 heteroatoms. The predicted octanol–water partition coefficient (Wildman–Crippen LogP) is 0.652. The maximum atomic E-state index is 12.0. The van der Waals surface area contributed by atoms with Crippen molar-refractivity contribution in [1.82, 2.24) is 5.32 Å². The van der Waals surface area contributed by atoms with Gasteiger partial charge < -0.3 is 16.4 Å². The molecule has 1 heterocycles. The van der Waals surface area contributed by atoms with Crippen LogP contribution in [0.15, 0.2) is 24.3 Å². The average molecular weight is 261 g/mol. The van der Waals surface area contributed by atoms with Gasteiger partial charge in [0.25, 0.3) is 0 Å². The first-order valence-corrected chi connectivity index (χ1v) is 6.52. The van der Waals surface area contributed by atoms with Crippen LogP contribution in [-0.4, -0.2) is 24.9 Å². The Hall–Kier alpha value is -1.88. The number of nitrogens with two attached hydrogens (primary N) is 1. The molecule has 2 amide bonds.